The van der Waals surface area contributed by atoms with Crippen molar-refractivity contribution >= 4 is 43.6 Å². The van der Waals surface area contributed by atoms with E-state index in [2.05, 4.69) is 59.2 Å². The summed E-state index contributed by atoms with van der Waals surface area (Å²) in [4.78, 5) is 10.9. The molecule has 0 saturated carbocycles. The normalized spacial score (nSPS) is 10.7. The van der Waals surface area contributed by atoms with Gasteiger partial charge < -0.3 is 9.13 Å². The molecular weight excluding hydrogens is 1130 g/mol. The molecule has 3 heterocycles. The second-order valence-corrected chi connectivity index (χ2v) is 21.7. The molecular formula is C79H37N13. The predicted octanol–water partition coefficient (Wildman–Crippen LogP) is 17.2. The van der Waals surface area contributed by atoms with Crippen LogP contribution in [0, 0.1) is 102 Å². The second kappa shape index (κ2) is 22.7. The molecule has 0 spiro atoms. The quantitative estimate of drug-likeness (QED) is 0.131. The lowest BCUT2D eigenvalue weighted by Crippen LogP contribution is -2.06. The molecule has 0 aliphatic rings. The Morgan fingerprint density at radius 1 is 0.239 bits per heavy atom. The van der Waals surface area contributed by atoms with Crippen LogP contribution in [0.2, 0.25) is 0 Å². The number of aromatic nitrogens is 4. The summed E-state index contributed by atoms with van der Waals surface area (Å²) >= 11 is 0. The molecule has 0 aliphatic heterocycles. The highest BCUT2D eigenvalue weighted by molar-refractivity contribution is 6.14. The van der Waals surface area contributed by atoms with Crippen LogP contribution < -0.4 is 0 Å². The number of hydrogen-bond acceptors (Lipinski definition) is 11. The van der Waals surface area contributed by atoms with E-state index in [1.807, 2.05) is 156 Å². The Bertz CT molecular complexity index is 5620. The van der Waals surface area contributed by atoms with Crippen LogP contribution in [-0.2, 0) is 0 Å². The van der Waals surface area contributed by atoms with Gasteiger partial charge in [0.2, 0.25) is 0 Å². The largest absolute Gasteiger partial charge is 0.308 e. The molecule has 0 fully saturated rings. The molecule has 0 radical (unpaired) electrons. The van der Waals surface area contributed by atoms with E-state index in [9.17, 15) is 47.4 Å². The Hall–Kier alpha value is -14.5. The van der Waals surface area contributed by atoms with Gasteiger partial charge in [0.15, 0.2) is 5.82 Å². The van der Waals surface area contributed by atoms with E-state index in [1.54, 1.807) is 72.8 Å². The fourth-order valence-corrected chi connectivity index (χ4v) is 12.4. The molecule has 14 aromatic rings. The monoisotopic (exact) mass is 1170 g/mol. The highest BCUT2D eigenvalue weighted by atomic mass is 15.0. The minimum absolute atomic E-state index is 0.256. The van der Waals surface area contributed by atoms with Crippen LogP contribution in [0.25, 0.3) is 133 Å². The standard InChI is InChI=1S/C79H37N13/c80-38-47-11-19-62(57(27-47)42-84)53-15-23-73-66(31-53)67-32-54(63-20-12-48(39-81)28-58(63)43-85)16-24-74(67)91(73)77-36-70(79-89-71(51-7-3-1-4-8-51)37-72(90-79)52-9-5-2-6-10-52)78(35-61(77)46-88)92-75-25-17-55(64-21-13-49(40-82)29-59(64)44-86)33-68(75)69-34-56(18-26-76(69)92)65-22-14-50(41-83)30-60(65)45-87/h1-37H. The van der Waals surface area contributed by atoms with Crippen molar-refractivity contribution < 1.29 is 0 Å². The average molecular weight is 1170 g/mol. The van der Waals surface area contributed by atoms with Crippen LogP contribution in [-0.4, -0.2) is 19.1 Å². The number of hydrogen-bond donors (Lipinski definition) is 0. The van der Waals surface area contributed by atoms with E-state index in [0.717, 1.165) is 32.7 Å². The third-order valence-corrected chi connectivity index (χ3v) is 16.7. The predicted molar refractivity (Wildman–Crippen MR) is 351 cm³/mol. The summed E-state index contributed by atoms with van der Waals surface area (Å²) in [6, 6.07) is 89.1. The molecule has 13 nitrogen and oxygen atoms in total. The van der Waals surface area contributed by atoms with Gasteiger partial charge in [-0.15, -0.1) is 0 Å². The van der Waals surface area contributed by atoms with E-state index in [1.165, 1.54) is 0 Å². The second-order valence-electron chi connectivity index (χ2n) is 21.7. The van der Waals surface area contributed by atoms with Gasteiger partial charge in [-0.2, -0.15) is 47.4 Å². The molecule has 14 rings (SSSR count). The molecule has 0 N–H and O–H groups in total. The summed E-state index contributed by atoms with van der Waals surface area (Å²) in [5, 5.41) is 95.9. The van der Waals surface area contributed by atoms with E-state index >= 15 is 0 Å². The van der Waals surface area contributed by atoms with Crippen molar-refractivity contribution in [1.82, 2.24) is 19.1 Å². The van der Waals surface area contributed by atoms with Crippen LogP contribution in [0.3, 0.4) is 0 Å². The first-order valence-electron chi connectivity index (χ1n) is 28.7. The molecule has 92 heavy (non-hydrogen) atoms. The van der Waals surface area contributed by atoms with Gasteiger partial charge >= 0.3 is 0 Å². The third kappa shape index (κ3) is 9.37. The SMILES string of the molecule is N#Cc1ccc(-c2ccc3c(c2)c2cc(-c4ccc(C#N)cc4C#N)ccc2n3-c2cc(-c3nc(-c4ccccc4)cc(-c4ccccc4)n3)c(-n3c4ccc(-c5ccc(C#N)cc5C#N)cc4c4cc(-c5ccc(C#N)cc5C#N)ccc43)cc2C#N)c(C#N)c1. The molecule has 0 atom stereocenters. The van der Waals surface area contributed by atoms with Gasteiger partial charge in [0.25, 0.3) is 0 Å². The third-order valence-electron chi connectivity index (χ3n) is 16.7. The van der Waals surface area contributed by atoms with Crippen molar-refractivity contribution in [1.29, 1.82) is 47.4 Å². The van der Waals surface area contributed by atoms with Crippen molar-refractivity contribution in [3.8, 4) is 144 Å². The van der Waals surface area contributed by atoms with Crippen molar-refractivity contribution in [3.63, 3.8) is 0 Å². The first-order valence-corrected chi connectivity index (χ1v) is 28.7. The number of nitriles is 9. The van der Waals surface area contributed by atoms with Crippen LogP contribution in [0.4, 0.5) is 0 Å². The number of benzene rings is 11. The summed E-state index contributed by atoms with van der Waals surface area (Å²) in [7, 11) is 0. The number of fused-ring (bicyclic) bond motifs is 6. The number of rotatable bonds is 9. The molecule has 11 aromatic carbocycles. The molecule has 0 aliphatic carbocycles. The van der Waals surface area contributed by atoms with Crippen LogP contribution in [0.15, 0.2) is 224 Å². The fraction of sp³-hybridized carbons (Fsp3) is 0. The lowest BCUT2D eigenvalue weighted by atomic mass is 9.95. The van der Waals surface area contributed by atoms with Gasteiger partial charge in [0.05, 0.1) is 143 Å². The van der Waals surface area contributed by atoms with Crippen molar-refractivity contribution in [2.24, 2.45) is 0 Å². The zero-order chi connectivity index (χ0) is 63.1. The van der Waals surface area contributed by atoms with Gasteiger partial charge in [-0.1, -0.05) is 109 Å². The maximum Gasteiger partial charge on any atom is 0.162 e. The summed E-state index contributed by atoms with van der Waals surface area (Å²) in [5.74, 6) is 0.321. The van der Waals surface area contributed by atoms with E-state index < -0.39 is 0 Å². The highest BCUT2D eigenvalue weighted by Gasteiger charge is 2.26. The molecule has 0 amide bonds. The zero-order valence-electron chi connectivity index (χ0n) is 48.2. The summed E-state index contributed by atoms with van der Waals surface area (Å²) in [6.07, 6.45) is 0. The Kier molecular flexibility index (Phi) is 13.7. The van der Waals surface area contributed by atoms with Crippen LogP contribution >= 0.6 is 0 Å². The maximum absolute atomic E-state index is 11.8. The highest BCUT2D eigenvalue weighted by Crippen LogP contribution is 2.45. The first kappa shape index (κ1) is 55.4. The van der Waals surface area contributed by atoms with E-state index in [0.29, 0.717) is 145 Å². The van der Waals surface area contributed by atoms with Gasteiger partial charge in [0, 0.05) is 38.2 Å². The molecule has 418 valence electrons. The summed E-state index contributed by atoms with van der Waals surface area (Å²) in [5.41, 5.74) is 15.3. The van der Waals surface area contributed by atoms with Crippen molar-refractivity contribution in [3.05, 3.63) is 275 Å². The van der Waals surface area contributed by atoms with Crippen LogP contribution in [0.1, 0.15) is 50.1 Å². The summed E-state index contributed by atoms with van der Waals surface area (Å²) < 4.78 is 4.10. The minimum Gasteiger partial charge on any atom is -0.308 e. The molecule has 0 bridgehead atoms. The fourth-order valence-electron chi connectivity index (χ4n) is 12.4. The molecule has 0 unspecified atom stereocenters. The Labute approximate surface area is 526 Å². The van der Waals surface area contributed by atoms with Crippen molar-refractivity contribution in [2.45, 2.75) is 0 Å². The van der Waals surface area contributed by atoms with Gasteiger partial charge in [-0.3, -0.25) is 0 Å². The van der Waals surface area contributed by atoms with Crippen molar-refractivity contribution in [2.75, 3.05) is 0 Å². The summed E-state index contributed by atoms with van der Waals surface area (Å²) in [6.45, 7) is 0. The van der Waals surface area contributed by atoms with E-state index in [-0.39, 0.29) is 5.56 Å². The smallest absolute Gasteiger partial charge is 0.162 e. The minimum atomic E-state index is 0.256. The Morgan fingerprint density at radius 3 is 0.859 bits per heavy atom. The molecule has 13 heteroatoms. The zero-order valence-corrected chi connectivity index (χ0v) is 48.2. The van der Waals surface area contributed by atoms with Gasteiger partial charge in [-0.05, 0) is 160 Å². The van der Waals surface area contributed by atoms with E-state index in [4.69, 9.17) is 9.97 Å². The number of nitrogens with zero attached hydrogens (tertiary/aromatic N) is 13. The molecule has 0 saturated heterocycles. The van der Waals surface area contributed by atoms with Gasteiger partial charge in [0.1, 0.15) is 6.07 Å². The Balaban J connectivity index is 1.10. The topological polar surface area (TPSA) is 250 Å². The average Bonchev–Trinajstić information content (AvgIpc) is 1.57. The van der Waals surface area contributed by atoms with Gasteiger partial charge in [-0.25, -0.2) is 9.97 Å². The molecule has 3 aromatic heterocycles. The lowest BCUT2D eigenvalue weighted by Gasteiger charge is -2.19. The maximum atomic E-state index is 11.8. The first-order chi connectivity index (χ1) is 45.2. The van der Waals surface area contributed by atoms with Crippen LogP contribution in [0.5, 0.6) is 0 Å². The lowest BCUT2D eigenvalue weighted by molar-refractivity contribution is 1.11. The Morgan fingerprint density at radius 2 is 0.554 bits per heavy atom.